The summed E-state index contributed by atoms with van der Waals surface area (Å²) in [5.74, 6) is 0.822. The van der Waals surface area contributed by atoms with Gasteiger partial charge >= 0.3 is 0 Å². The van der Waals surface area contributed by atoms with Crippen LogP contribution in [0.1, 0.15) is 42.9 Å². The van der Waals surface area contributed by atoms with Gasteiger partial charge in [-0.3, -0.25) is 14.6 Å². The molecule has 2 amide bonds. The molecule has 3 aliphatic rings. The van der Waals surface area contributed by atoms with Gasteiger partial charge in [0.25, 0.3) is 0 Å². The van der Waals surface area contributed by atoms with E-state index in [-0.39, 0.29) is 36.7 Å². The highest BCUT2D eigenvalue weighted by atomic mass is 16.3. The molecule has 0 spiro atoms. The summed E-state index contributed by atoms with van der Waals surface area (Å²) in [7, 11) is 3.76. The molecule has 2 heterocycles. The minimum atomic E-state index is -0.714. The summed E-state index contributed by atoms with van der Waals surface area (Å²) >= 11 is 0. The Labute approximate surface area is 272 Å². The maximum Gasteiger partial charge on any atom is 0.245 e. The number of rotatable bonds is 6. The van der Waals surface area contributed by atoms with E-state index in [1.807, 2.05) is 81.5 Å². The first-order chi connectivity index (χ1) is 22.4. The van der Waals surface area contributed by atoms with Gasteiger partial charge in [-0.05, 0) is 46.4 Å². The predicted octanol–water partition coefficient (Wildman–Crippen LogP) is 5.42. The summed E-state index contributed by atoms with van der Waals surface area (Å²) in [6.45, 7) is 5.46. The molecule has 3 aromatic rings. The molecule has 2 N–H and O–H groups in total. The van der Waals surface area contributed by atoms with Crippen molar-refractivity contribution in [1.29, 1.82) is 0 Å². The quantitative estimate of drug-likeness (QED) is 0.384. The van der Waals surface area contributed by atoms with E-state index in [1.54, 1.807) is 21.9 Å². The van der Waals surface area contributed by atoms with Gasteiger partial charge in [0, 0.05) is 39.5 Å². The molecule has 0 radical (unpaired) electrons. The van der Waals surface area contributed by atoms with Gasteiger partial charge in [-0.25, -0.2) is 5.01 Å². The first kappa shape index (κ1) is 32.6. The monoisotopic (exact) mass is 619 g/mol. The molecule has 2 aliphatic heterocycles. The summed E-state index contributed by atoms with van der Waals surface area (Å²) in [5, 5.41) is 17.6. The van der Waals surface area contributed by atoms with Crippen LogP contribution in [0.2, 0.25) is 0 Å². The lowest BCUT2D eigenvalue weighted by atomic mass is 9.86. The topological polar surface area (TPSA) is 79.4 Å². The van der Waals surface area contributed by atoms with E-state index < -0.39 is 6.04 Å². The molecule has 8 heteroatoms. The molecule has 1 saturated heterocycles. The number of phenols is 1. The number of likely N-dealkylation sites (N-methyl/N-ethyl adjacent to an activating group) is 2. The lowest BCUT2D eigenvalue weighted by Gasteiger charge is -2.47. The van der Waals surface area contributed by atoms with Crippen LogP contribution in [0.15, 0.2) is 120 Å². The summed E-state index contributed by atoms with van der Waals surface area (Å²) in [5.41, 5.74) is 5.43. The smallest absolute Gasteiger partial charge is 0.245 e. The molecule has 3 aromatic carbocycles. The molecule has 2 unspecified atom stereocenters. The number of carbonyl (C=O) groups excluding carboxylic acids is 2. The van der Waals surface area contributed by atoms with Crippen LogP contribution in [0, 0.1) is 0 Å². The number of nitrogens with one attached hydrogen (secondary N) is 1. The third-order valence-electron chi connectivity index (χ3n) is 8.70. The predicted molar refractivity (Wildman–Crippen MR) is 182 cm³/mol. The average Bonchev–Trinajstić information content (AvgIpc) is 3.09. The number of hydrogen-bond acceptors (Lipinski definition) is 6. The number of carbonyl (C=O) groups is 2. The first-order valence-electron chi connectivity index (χ1n) is 16.1. The van der Waals surface area contributed by atoms with E-state index in [9.17, 15) is 14.7 Å². The highest BCUT2D eigenvalue weighted by Gasteiger charge is 2.40. The second kappa shape index (κ2) is 15.0. The first-order valence-corrected chi connectivity index (χ1v) is 16.1. The van der Waals surface area contributed by atoms with E-state index in [4.69, 9.17) is 0 Å². The number of hydrazine groups is 1. The molecule has 46 heavy (non-hydrogen) atoms. The van der Waals surface area contributed by atoms with E-state index >= 15 is 0 Å². The summed E-state index contributed by atoms with van der Waals surface area (Å²) in [6.07, 6.45) is 7.72. The van der Waals surface area contributed by atoms with Crippen molar-refractivity contribution in [3.05, 3.63) is 137 Å². The van der Waals surface area contributed by atoms with Gasteiger partial charge in [-0.1, -0.05) is 105 Å². The molecule has 2 atom stereocenters. The summed E-state index contributed by atoms with van der Waals surface area (Å²) < 4.78 is 0. The number of aromatic hydroxyl groups is 1. The van der Waals surface area contributed by atoms with Crippen molar-refractivity contribution in [3.8, 4) is 5.75 Å². The number of hydrogen-bond donors (Lipinski definition) is 2. The van der Waals surface area contributed by atoms with E-state index in [0.29, 0.717) is 19.5 Å². The zero-order valence-corrected chi connectivity index (χ0v) is 27.3. The fourth-order valence-corrected chi connectivity index (χ4v) is 6.27. The Hall–Kier alpha value is -4.82. The second-order valence-corrected chi connectivity index (χ2v) is 11.8. The van der Waals surface area contributed by atoms with Crippen LogP contribution in [-0.2, 0) is 22.6 Å². The molecule has 6 rings (SSSR count). The highest BCUT2D eigenvalue weighted by Crippen LogP contribution is 2.34. The maximum absolute atomic E-state index is 14.4. The van der Waals surface area contributed by atoms with Crippen molar-refractivity contribution in [1.82, 2.24) is 25.1 Å². The molecular formula is C38H45N5O3. The minimum absolute atomic E-state index is 0.0564. The molecule has 8 nitrogen and oxygen atoms in total. The van der Waals surface area contributed by atoms with Crippen molar-refractivity contribution in [2.24, 2.45) is 0 Å². The van der Waals surface area contributed by atoms with Gasteiger partial charge in [0.15, 0.2) is 0 Å². The number of amides is 2. The third kappa shape index (κ3) is 7.35. The Morgan fingerprint density at radius 1 is 0.870 bits per heavy atom. The Balaban J connectivity index is 0.00000204. The van der Waals surface area contributed by atoms with Gasteiger partial charge in [-0.15, -0.1) is 0 Å². The standard InChI is InChI=1S/C36H39N5O3.C2H6/c1-38-23-32(28-12-7-4-8-13-28)29-14-9-15-30(21-29)35(37-22-27-10-5-3-6-11-27)41-25-40(34(43)24-39(41)2)33(36(38)44)20-26-16-18-31(42)19-17-26;1-2/h3-14,16-19,21,32-33,37,42H,15,20,22-25H2,1-2H3;1-2H3/b35-30-;. The SMILES string of the molecule is CC.CN1CC(c2ccccc2)C2=C/C(=C(/NCc3ccccc3)N3CN(C(=O)CN3C)C(Cc3ccc(O)cc3)C1=O)CC=C2. The van der Waals surface area contributed by atoms with Gasteiger partial charge in [-0.2, -0.15) is 0 Å². The van der Waals surface area contributed by atoms with Crippen LogP contribution in [0.5, 0.6) is 5.75 Å². The number of fused-ring (bicyclic) bond motifs is 3. The van der Waals surface area contributed by atoms with E-state index in [0.717, 1.165) is 40.1 Å². The van der Waals surface area contributed by atoms with Crippen LogP contribution in [0.25, 0.3) is 0 Å². The number of nitrogens with zero attached hydrogens (tertiary/aromatic N) is 4. The van der Waals surface area contributed by atoms with Crippen LogP contribution in [0.4, 0.5) is 0 Å². The molecule has 1 fully saturated rings. The van der Waals surface area contributed by atoms with Crippen molar-refractivity contribution in [2.45, 2.75) is 45.2 Å². The van der Waals surface area contributed by atoms with Gasteiger partial charge in [0.1, 0.15) is 24.3 Å². The average molecular weight is 620 g/mol. The Morgan fingerprint density at radius 3 is 2.24 bits per heavy atom. The summed E-state index contributed by atoms with van der Waals surface area (Å²) in [6, 6.07) is 26.7. The minimum Gasteiger partial charge on any atom is -0.508 e. The molecular weight excluding hydrogens is 574 g/mol. The second-order valence-electron chi connectivity index (χ2n) is 11.8. The van der Waals surface area contributed by atoms with Crippen LogP contribution in [-0.4, -0.2) is 76.6 Å². The lowest BCUT2D eigenvalue weighted by molar-refractivity contribution is -0.163. The van der Waals surface area contributed by atoms with Gasteiger partial charge in [0.2, 0.25) is 11.8 Å². The van der Waals surface area contributed by atoms with E-state index in [2.05, 4.69) is 52.8 Å². The Kier molecular flexibility index (Phi) is 10.6. The van der Waals surface area contributed by atoms with Crippen molar-refractivity contribution >= 4 is 11.8 Å². The fraction of sp³-hybridized carbons (Fsp3) is 0.316. The number of benzene rings is 3. The Bertz CT molecular complexity index is 1580. The zero-order valence-electron chi connectivity index (χ0n) is 27.3. The molecule has 0 saturated carbocycles. The van der Waals surface area contributed by atoms with Crippen LogP contribution in [0.3, 0.4) is 0 Å². The Morgan fingerprint density at radius 2 is 1.54 bits per heavy atom. The van der Waals surface area contributed by atoms with Gasteiger partial charge < -0.3 is 20.2 Å². The molecule has 4 bridgehead atoms. The molecule has 240 valence electrons. The number of allylic oxidation sites excluding steroid dienone is 4. The molecule has 0 aromatic heterocycles. The maximum atomic E-state index is 14.4. The zero-order chi connectivity index (χ0) is 32.6. The van der Waals surface area contributed by atoms with Crippen molar-refractivity contribution in [3.63, 3.8) is 0 Å². The normalized spacial score (nSPS) is 21.9. The highest BCUT2D eigenvalue weighted by molar-refractivity contribution is 5.89. The van der Waals surface area contributed by atoms with Crippen molar-refractivity contribution < 1.29 is 14.7 Å². The number of phenolic OH excluding ortho intramolecular Hbond substituents is 1. The lowest BCUT2D eigenvalue weighted by Crippen LogP contribution is -2.64. The van der Waals surface area contributed by atoms with Crippen LogP contribution < -0.4 is 5.32 Å². The molecule has 1 aliphatic carbocycles. The van der Waals surface area contributed by atoms with Crippen LogP contribution >= 0.6 is 0 Å². The van der Waals surface area contributed by atoms with Gasteiger partial charge in [0.05, 0.1) is 6.54 Å². The summed E-state index contributed by atoms with van der Waals surface area (Å²) in [4.78, 5) is 31.6. The van der Waals surface area contributed by atoms with E-state index in [1.165, 1.54) is 0 Å². The van der Waals surface area contributed by atoms with Crippen molar-refractivity contribution in [2.75, 3.05) is 33.9 Å². The fourth-order valence-electron chi connectivity index (χ4n) is 6.27. The largest absolute Gasteiger partial charge is 0.508 e. The third-order valence-corrected chi connectivity index (χ3v) is 8.70.